The van der Waals surface area contributed by atoms with Gasteiger partial charge < -0.3 is 9.84 Å². The molecule has 0 saturated carbocycles. The number of halogens is 2. The molecule has 9 heteroatoms. The third kappa shape index (κ3) is 5.12. The Morgan fingerprint density at radius 3 is 2.81 bits per heavy atom. The number of thiocarbonyl (C=S) groups is 1. The molecule has 27 heavy (non-hydrogen) atoms. The fourth-order valence-electron chi connectivity index (χ4n) is 2.44. The lowest BCUT2D eigenvalue weighted by atomic mass is 10.1. The second-order valence-corrected chi connectivity index (χ2v) is 8.99. The van der Waals surface area contributed by atoms with Crippen molar-refractivity contribution in [2.75, 3.05) is 26.4 Å². The number of carbonyl (C=O) groups excluding carboxylic acids is 1. The first-order valence-corrected chi connectivity index (χ1v) is 10.8. The minimum atomic E-state index is -0.128. The number of hydrogen-bond donors (Lipinski definition) is 1. The summed E-state index contributed by atoms with van der Waals surface area (Å²) in [7, 11) is 0. The predicted octanol–water partition coefficient (Wildman–Crippen LogP) is 4.93. The van der Waals surface area contributed by atoms with Gasteiger partial charge in [0.15, 0.2) is 0 Å². The zero-order chi connectivity index (χ0) is 19.4. The molecule has 1 amide bonds. The van der Waals surface area contributed by atoms with Crippen LogP contribution in [0.5, 0.6) is 0 Å². The van der Waals surface area contributed by atoms with Crippen LogP contribution in [0.25, 0.3) is 17.2 Å². The molecule has 0 aliphatic carbocycles. The van der Waals surface area contributed by atoms with Crippen molar-refractivity contribution in [2.24, 2.45) is 0 Å². The zero-order valence-electron chi connectivity index (χ0n) is 14.0. The molecule has 1 saturated heterocycles. The van der Waals surface area contributed by atoms with Crippen LogP contribution in [0.4, 0.5) is 0 Å². The van der Waals surface area contributed by atoms with Crippen LogP contribution in [0.1, 0.15) is 4.88 Å². The van der Waals surface area contributed by atoms with E-state index in [1.54, 1.807) is 12.1 Å². The number of nitrogens with zero attached hydrogens (tertiary/aromatic N) is 1. The van der Waals surface area contributed by atoms with Crippen molar-refractivity contribution in [3.8, 4) is 11.1 Å². The monoisotopic (exact) mass is 459 g/mol. The van der Waals surface area contributed by atoms with Gasteiger partial charge in [0.25, 0.3) is 5.91 Å². The normalized spacial score (nSPS) is 16.0. The van der Waals surface area contributed by atoms with Gasteiger partial charge in [-0.05, 0) is 35.2 Å². The van der Waals surface area contributed by atoms with E-state index < -0.39 is 0 Å². The van der Waals surface area contributed by atoms with Crippen LogP contribution < -0.4 is 0 Å². The van der Waals surface area contributed by atoms with Crippen molar-refractivity contribution in [1.29, 1.82) is 0 Å². The Morgan fingerprint density at radius 1 is 1.26 bits per heavy atom. The molecule has 1 aliphatic heterocycles. The van der Waals surface area contributed by atoms with E-state index in [-0.39, 0.29) is 19.1 Å². The minimum absolute atomic E-state index is 0.0450. The lowest BCUT2D eigenvalue weighted by molar-refractivity contribution is -0.122. The Balaban J connectivity index is 1.73. The molecule has 0 atom stereocenters. The number of carbonyl (C=O) groups is 1. The lowest BCUT2D eigenvalue weighted by Crippen LogP contribution is -2.31. The second-order valence-electron chi connectivity index (χ2n) is 5.53. The number of aliphatic hydroxyl groups excluding tert-OH is 1. The lowest BCUT2D eigenvalue weighted by Gasteiger charge is -2.13. The van der Waals surface area contributed by atoms with Crippen molar-refractivity contribution in [1.82, 2.24) is 4.90 Å². The van der Waals surface area contributed by atoms with Gasteiger partial charge >= 0.3 is 0 Å². The Morgan fingerprint density at radius 2 is 2.07 bits per heavy atom. The highest BCUT2D eigenvalue weighted by atomic mass is 35.5. The molecule has 1 fully saturated rings. The first-order valence-electron chi connectivity index (χ1n) is 7.97. The van der Waals surface area contributed by atoms with Crippen LogP contribution in [0.3, 0.4) is 0 Å². The van der Waals surface area contributed by atoms with E-state index in [1.165, 1.54) is 28.0 Å². The van der Waals surface area contributed by atoms with Gasteiger partial charge in [-0.3, -0.25) is 9.69 Å². The average Bonchev–Trinajstić information content (AvgIpc) is 3.18. The summed E-state index contributed by atoms with van der Waals surface area (Å²) in [5.41, 5.74) is 1.87. The molecular weight excluding hydrogens is 445 g/mol. The van der Waals surface area contributed by atoms with Gasteiger partial charge in [0, 0.05) is 20.5 Å². The summed E-state index contributed by atoms with van der Waals surface area (Å²) in [6, 6.07) is 7.36. The fraction of sp³-hybridized carbons (Fsp3) is 0.222. The van der Waals surface area contributed by atoms with Crippen molar-refractivity contribution >= 4 is 74.8 Å². The zero-order valence-corrected chi connectivity index (χ0v) is 17.9. The van der Waals surface area contributed by atoms with E-state index in [2.05, 4.69) is 0 Å². The molecule has 3 rings (SSSR count). The number of thioether (sulfide) groups is 1. The van der Waals surface area contributed by atoms with Gasteiger partial charge in [-0.25, -0.2) is 0 Å². The van der Waals surface area contributed by atoms with Gasteiger partial charge in [0.1, 0.15) is 4.32 Å². The average molecular weight is 460 g/mol. The minimum Gasteiger partial charge on any atom is -0.394 e. The third-order valence-electron chi connectivity index (χ3n) is 3.70. The first-order chi connectivity index (χ1) is 13.0. The summed E-state index contributed by atoms with van der Waals surface area (Å²) in [4.78, 5) is 15.6. The molecule has 2 aromatic rings. The summed E-state index contributed by atoms with van der Waals surface area (Å²) < 4.78 is 5.73. The van der Waals surface area contributed by atoms with Crippen LogP contribution in [-0.4, -0.2) is 46.6 Å². The highest BCUT2D eigenvalue weighted by molar-refractivity contribution is 8.26. The Hall–Kier alpha value is -0.930. The predicted molar refractivity (Wildman–Crippen MR) is 118 cm³/mol. The first kappa shape index (κ1) is 20.8. The maximum absolute atomic E-state index is 12.6. The summed E-state index contributed by atoms with van der Waals surface area (Å²) in [6.07, 6.45) is 1.84. The summed E-state index contributed by atoms with van der Waals surface area (Å²) >= 11 is 20.3. The number of aliphatic hydroxyl groups is 1. The quantitative estimate of drug-likeness (QED) is 0.361. The molecule has 0 spiro atoms. The molecule has 1 aromatic heterocycles. The van der Waals surface area contributed by atoms with E-state index in [1.807, 2.05) is 23.6 Å². The second kappa shape index (κ2) is 9.52. The standard InChI is InChI=1S/C18H15Cl2NO3S3/c19-12-1-2-14(15(20)8-12)11-7-13(26-10-11)9-16-17(23)21(18(25)27-16)3-5-24-6-4-22/h1-2,7-10,22H,3-6H2. The molecule has 4 nitrogen and oxygen atoms in total. The number of thiophene rings is 1. The molecule has 1 aliphatic rings. The third-order valence-corrected chi connectivity index (χ3v) is 6.51. The number of ether oxygens (including phenoxy) is 1. The van der Waals surface area contributed by atoms with Crippen molar-refractivity contribution in [3.05, 3.63) is 49.5 Å². The van der Waals surface area contributed by atoms with E-state index in [4.69, 9.17) is 45.3 Å². The van der Waals surface area contributed by atoms with E-state index in [0.717, 1.165) is 16.0 Å². The molecule has 0 bridgehead atoms. The van der Waals surface area contributed by atoms with Gasteiger partial charge in [0.05, 0.1) is 31.3 Å². The van der Waals surface area contributed by atoms with Gasteiger partial charge in [-0.15, -0.1) is 11.3 Å². The SMILES string of the molecule is O=C1C(=Cc2cc(-c3ccc(Cl)cc3Cl)cs2)SC(=S)N1CCOCCO. The molecule has 1 N–H and O–H groups in total. The highest BCUT2D eigenvalue weighted by Gasteiger charge is 2.31. The maximum Gasteiger partial charge on any atom is 0.266 e. The van der Waals surface area contributed by atoms with Crippen molar-refractivity contribution in [3.63, 3.8) is 0 Å². The highest BCUT2D eigenvalue weighted by Crippen LogP contribution is 2.36. The summed E-state index contributed by atoms with van der Waals surface area (Å²) in [5.74, 6) is -0.128. The number of rotatable bonds is 7. The number of hydrogen-bond acceptors (Lipinski definition) is 6. The van der Waals surface area contributed by atoms with Crippen LogP contribution in [0, 0.1) is 0 Å². The van der Waals surface area contributed by atoms with Crippen LogP contribution in [0.15, 0.2) is 34.6 Å². The van der Waals surface area contributed by atoms with Crippen molar-refractivity contribution in [2.45, 2.75) is 0 Å². The van der Waals surface area contributed by atoms with E-state index >= 15 is 0 Å². The number of amides is 1. The molecule has 0 radical (unpaired) electrons. The number of benzene rings is 1. The molecular formula is C18H15Cl2NO3S3. The van der Waals surface area contributed by atoms with Gasteiger partial charge in [-0.1, -0.05) is 53.2 Å². The van der Waals surface area contributed by atoms with E-state index in [0.29, 0.717) is 32.4 Å². The largest absolute Gasteiger partial charge is 0.394 e. The molecule has 1 aromatic carbocycles. The topological polar surface area (TPSA) is 49.8 Å². The van der Waals surface area contributed by atoms with Crippen LogP contribution in [-0.2, 0) is 9.53 Å². The Kier molecular flexibility index (Phi) is 7.33. The summed E-state index contributed by atoms with van der Waals surface area (Å²) in [5, 5.41) is 11.9. The Labute approximate surface area is 180 Å². The molecule has 2 heterocycles. The molecule has 142 valence electrons. The summed E-state index contributed by atoms with van der Waals surface area (Å²) in [6.45, 7) is 0.906. The van der Waals surface area contributed by atoms with E-state index in [9.17, 15) is 4.79 Å². The Bertz CT molecular complexity index is 898. The maximum atomic E-state index is 12.6. The smallest absolute Gasteiger partial charge is 0.266 e. The van der Waals surface area contributed by atoms with Gasteiger partial charge in [-0.2, -0.15) is 0 Å². The van der Waals surface area contributed by atoms with Crippen LogP contribution >= 0.6 is 58.5 Å². The van der Waals surface area contributed by atoms with Crippen molar-refractivity contribution < 1.29 is 14.6 Å². The molecule has 0 unspecified atom stereocenters. The van der Waals surface area contributed by atoms with Crippen LogP contribution in [0.2, 0.25) is 10.0 Å². The van der Waals surface area contributed by atoms with Gasteiger partial charge in [0.2, 0.25) is 0 Å². The fourth-order valence-corrected chi connectivity index (χ4v) is 5.17.